The Morgan fingerprint density at radius 3 is 1.71 bits per heavy atom. The fourth-order valence-corrected chi connectivity index (χ4v) is 11.4. The third kappa shape index (κ3) is 9.33. The second-order valence-corrected chi connectivity index (χ2v) is 19.9. The summed E-state index contributed by atoms with van der Waals surface area (Å²) in [6.45, 7) is 6.97. The van der Waals surface area contributed by atoms with Crippen LogP contribution in [0.5, 0.6) is 0 Å². The molecular formula is C42H43Cl4N11O3S2. The quantitative estimate of drug-likeness (QED) is 0.141. The minimum Gasteiger partial charge on any atom is -0.382 e. The lowest BCUT2D eigenvalue weighted by Gasteiger charge is -2.36. The number of ether oxygens (including phenoxy) is 1. The maximum atomic E-state index is 12.9. The molecule has 0 radical (unpaired) electrons. The number of benzene rings is 3. The Bertz CT molecular complexity index is 2620. The summed E-state index contributed by atoms with van der Waals surface area (Å²) in [5.74, 6) is 3.70. The lowest BCUT2D eigenvalue weighted by molar-refractivity contribution is 0.184. The van der Waals surface area contributed by atoms with Crippen molar-refractivity contribution in [2.24, 2.45) is 0 Å². The maximum Gasteiger partial charge on any atom is 0.227 e. The molecule has 4 aliphatic heterocycles. The van der Waals surface area contributed by atoms with Gasteiger partial charge < -0.3 is 34.6 Å². The first-order valence-electron chi connectivity index (χ1n) is 20.3. The molecule has 0 aliphatic carbocycles. The predicted molar refractivity (Wildman–Crippen MR) is 250 cm³/mol. The summed E-state index contributed by atoms with van der Waals surface area (Å²) in [5.41, 5.74) is 5.64. The van der Waals surface area contributed by atoms with E-state index in [1.807, 2.05) is 66.7 Å². The summed E-state index contributed by atoms with van der Waals surface area (Å²) < 4.78 is 30.4. The molecule has 0 spiro atoms. The van der Waals surface area contributed by atoms with Gasteiger partial charge in [0, 0.05) is 110 Å². The Labute approximate surface area is 384 Å². The highest BCUT2D eigenvalue weighted by atomic mass is 35.5. The van der Waals surface area contributed by atoms with Crippen molar-refractivity contribution >= 4 is 108 Å². The number of halogens is 4. The van der Waals surface area contributed by atoms with Crippen molar-refractivity contribution < 1.29 is 13.2 Å². The average molecular weight is 956 g/mol. The van der Waals surface area contributed by atoms with E-state index in [0.29, 0.717) is 74.5 Å². The van der Waals surface area contributed by atoms with Crippen LogP contribution in [0.25, 0.3) is 11.0 Å². The Morgan fingerprint density at radius 1 is 0.645 bits per heavy atom. The van der Waals surface area contributed by atoms with Crippen LogP contribution in [0.3, 0.4) is 0 Å². The summed E-state index contributed by atoms with van der Waals surface area (Å²) >= 11 is 24.4. The van der Waals surface area contributed by atoms with E-state index in [2.05, 4.69) is 39.9 Å². The number of aromatic nitrogens is 6. The Hall–Kier alpha value is -4.29. The predicted octanol–water partition coefficient (Wildman–Crippen LogP) is 7.22. The van der Waals surface area contributed by atoms with Gasteiger partial charge in [0.05, 0.1) is 55.5 Å². The molecule has 3 atom stereocenters. The highest BCUT2D eigenvalue weighted by Crippen LogP contribution is 2.34. The molecule has 2 unspecified atom stereocenters. The van der Waals surface area contributed by atoms with Crippen molar-refractivity contribution in [3.05, 3.63) is 104 Å². The van der Waals surface area contributed by atoms with Crippen LogP contribution in [0, 0.1) is 0 Å². The van der Waals surface area contributed by atoms with E-state index in [9.17, 15) is 8.42 Å². The largest absolute Gasteiger partial charge is 0.382 e. The molecule has 62 heavy (non-hydrogen) atoms. The van der Waals surface area contributed by atoms with E-state index in [1.54, 1.807) is 7.11 Å². The van der Waals surface area contributed by atoms with Gasteiger partial charge in [0.25, 0.3) is 0 Å². The first-order chi connectivity index (χ1) is 30.1. The number of nitrogens with zero attached hydrogens (tertiary/aromatic N) is 9. The van der Waals surface area contributed by atoms with Crippen LogP contribution in [0.15, 0.2) is 76.5 Å². The van der Waals surface area contributed by atoms with Gasteiger partial charge in [0.1, 0.15) is 22.6 Å². The van der Waals surface area contributed by atoms with Crippen molar-refractivity contribution in [3.63, 3.8) is 0 Å². The molecule has 2 fully saturated rings. The zero-order chi connectivity index (χ0) is 42.9. The number of aromatic amines is 1. The van der Waals surface area contributed by atoms with Gasteiger partial charge in [-0.1, -0.05) is 46.4 Å². The van der Waals surface area contributed by atoms with Crippen LogP contribution < -0.4 is 24.9 Å². The van der Waals surface area contributed by atoms with E-state index >= 15 is 0 Å². The molecule has 324 valence electrons. The number of methoxy groups -OCH3 is 1. The molecule has 2 N–H and O–H groups in total. The van der Waals surface area contributed by atoms with Crippen LogP contribution >= 0.6 is 46.4 Å². The third-order valence-electron chi connectivity index (χ3n) is 11.3. The number of piperazine rings is 2. The van der Waals surface area contributed by atoms with Crippen molar-refractivity contribution in [1.82, 2.24) is 29.9 Å². The van der Waals surface area contributed by atoms with Gasteiger partial charge in [-0.25, -0.2) is 15.0 Å². The third-order valence-corrected chi connectivity index (χ3v) is 15.3. The van der Waals surface area contributed by atoms with E-state index in [0.717, 1.165) is 90.5 Å². The van der Waals surface area contributed by atoms with Crippen LogP contribution in [-0.4, -0.2) is 116 Å². The minimum absolute atomic E-state index is 0.336. The molecule has 4 aliphatic rings. The number of aryl methyl sites for hydroxylation is 2. The number of nitrogens with one attached hydrogen (secondary N) is 2. The molecule has 0 saturated carbocycles. The Balaban J connectivity index is 0.000000175. The summed E-state index contributed by atoms with van der Waals surface area (Å²) in [4.78, 5) is 37.1. The lowest BCUT2D eigenvalue weighted by Crippen LogP contribution is -2.47. The molecule has 6 aromatic rings. The minimum atomic E-state index is -1.16. The topological polar surface area (TPSA) is 149 Å². The summed E-state index contributed by atoms with van der Waals surface area (Å²) in [7, 11) is -0.572. The standard InChI is InChI=1S/C26H27Cl2N7O2S.C16H16Cl2N4OS/c1-37-15-22(24-29-19-7-4-17(28)14-21(19)30-24)31-25-23-20(8-13-38(23)36)32-26(33-25)35-11-9-34(10-12-35)18-5-2-16(27)3-6-18;17-11-1-3-12(4-2-11)21-6-8-22(9-7-21)16-19-13-5-10-24(23)14(13)15(18)20-16/h2-7,14,22H,8-13,15H2,1H3,(H,29,30)(H,31,32,33);1-4H,5-10H2/t22-,38?;/m0./s1. The number of fused-ring (bicyclic) bond motifs is 3. The number of hydrogen-bond donors (Lipinski definition) is 2. The summed E-state index contributed by atoms with van der Waals surface area (Å²) in [5, 5.41) is 5.93. The van der Waals surface area contributed by atoms with E-state index in [1.165, 1.54) is 5.69 Å². The van der Waals surface area contributed by atoms with Gasteiger partial charge in [-0.2, -0.15) is 9.97 Å². The van der Waals surface area contributed by atoms with Crippen molar-refractivity contribution in [2.75, 3.05) is 102 Å². The normalized spacial score (nSPS) is 19.0. The average Bonchev–Trinajstić information content (AvgIpc) is 4.00. The molecule has 0 amide bonds. The van der Waals surface area contributed by atoms with Gasteiger partial charge in [-0.3, -0.25) is 8.42 Å². The molecule has 7 heterocycles. The van der Waals surface area contributed by atoms with E-state index in [4.69, 9.17) is 66.1 Å². The molecule has 2 saturated heterocycles. The highest BCUT2D eigenvalue weighted by Gasteiger charge is 2.31. The molecule has 0 bridgehead atoms. The second kappa shape index (κ2) is 18.8. The second-order valence-electron chi connectivity index (χ2n) is 15.2. The van der Waals surface area contributed by atoms with Crippen molar-refractivity contribution in [3.8, 4) is 0 Å². The van der Waals surface area contributed by atoms with Crippen molar-refractivity contribution in [1.29, 1.82) is 0 Å². The first-order valence-corrected chi connectivity index (χ1v) is 24.4. The fraction of sp³-hybridized carbons (Fsp3) is 0.357. The Kier molecular flexibility index (Phi) is 13.0. The molecule has 3 aromatic heterocycles. The highest BCUT2D eigenvalue weighted by molar-refractivity contribution is 7.85. The van der Waals surface area contributed by atoms with Gasteiger partial charge in [-0.05, 0) is 66.7 Å². The van der Waals surface area contributed by atoms with Crippen LogP contribution in [-0.2, 0) is 39.2 Å². The van der Waals surface area contributed by atoms with E-state index in [-0.39, 0.29) is 6.04 Å². The number of imidazole rings is 1. The van der Waals surface area contributed by atoms with E-state index < -0.39 is 21.6 Å². The lowest BCUT2D eigenvalue weighted by atomic mass is 10.2. The molecule has 20 heteroatoms. The SMILES string of the molecule is COC[C@H](Nc1nc(N2CCN(c3ccc(Cl)cc3)CC2)nc2c1S(=O)CC2)c1nc2ccc(Cl)cc2[nH]1.O=S1CCc2nc(N3CCN(c4ccc(Cl)cc4)CC3)nc(Cl)c21. The van der Waals surface area contributed by atoms with Crippen LogP contribution in [0.4, 0.5) is 29.1 Å². The molecular weight excluding hydrogens is 912 g/mol. The van der Waals surface area contributed by atoms with Gasteiger partial charge in [-0.15, -0.1) is 0 Å². The number of anilines is 5. The van der Waals surface area contributed by atoms with Gasteiger partial charge in [0.2, 0.25) is 11.9 Å². The maximum absolute atomic E-state index is 12.9. The fourth-order valence-electron chi connectivity index (χ4n) is 8.03. The molecule has 10 rings (SSSR count). The smallest absolute Gasteiger partial charge is 0.227 e. The van der Waals surface area contributed by atoms with Crippen LogP contribution in [0.1, 0.15) is 23.3 Å². The number of H-pyrrole nitrogens is 1. The van der Waals surface area contributed by atoms with Crippen molar-refractivity contribution in [2.45, 2.75) is 28.7 Å². The summed E-state index contributed by atoms with van der Waals surface area (Å²) in [6, 6.07) is 21.0. The van der Waals surface area contributed by atoms with Crippen LogP contribution in [0.2, 0.25) is 20.2 Å². The number of hydrogen-bond acceptors (Lipinski definition) is 13. The zero-order valence-corrected chi connectivity index (χ0v) is 38.4. The Morgan fingerprint density at radius 2 is 1.15 bits per heavy atom. The monoisotopic (exact) mass is 953 g/mol. The molecule has 3 aromatic carbocycles. The zero-order valence-electron chi connectivity index (χ0n) is 33.7. The van der Waals surface area contributed by atoms with Gasteiger partial charge in [0.15, 0.2) is 5.15 Å². The molecule has 14 nitrogen and oxygen atoms in total. The first kappa shape index (κ1) is 43.0. The number of rotatable bonds is 9. The van der Waals surface area contributed by atoms with Gasteiger partial charge >= 0.3 is 0 Å². The summed E-state index contributed by atoms with van der Waals surface area (Å²) in [6.07, 6.45) is 1.37.